The number of hydrogen-bond acceptors (Lipinski definition) is 2. The zero-order valence-electron chi connectivity index (χ0n) is 9.31. The van der Waals surface area contributed by atoms with Crippen LogP contribution in [0.5, 0.6) is 0 Å². The maximum atomic E-state index is 11.3. The Morgan fingerprint density at radius 1 is 1.33 bits per heavy atom. The van der Waals surface area contributed by atoms with Gasteiger partial charge in [0, 0.05) is 18.3 Å². The fraction of sp³-hybridized carbons (Fsp3) is 0.800. The molecule has 0 aromatic rings. The van der Waals surface area contributed by atoms with E-state index in [-0.39, 0.29) is 24.2 Å². The Hall–Kier alpha value is -0.770. The third-order valence-electron chi connectivity index (χ3n) is 2.04. The monoisotopic (exact) mass is 234 g/mol. The lowest BCUT2D eigenvalue weighted by molar-refractivity contribution is -0.119. The van der Waals surface area contributed by atoms with Crippen LogP contribution in [0.1, 0.15) is 39.5 Å². The molecular formula is C10H19ClN2O2. The summed E-state index contributed by atoms with van der Waals surface area (Å²) in [4.78, 5) is 22.3. The highest BCUT2D eigenvalue weighted by atomic mass is 35.5. The third-order valence-corrected chi connectivity index (χ3v) is 2.23. The first-order valence-electron chi connectivity index (χ1n) is 5.30. The van der Waals surface area contributed by atoms with Crippen molar-refractivity contribution >= 4 is 23.5 Å². The van der Waals surface area contributed by atoms with E-state index in [0.29, 0.717) is 0 Å². The van der Waals surface area contributed by atoms with Crippen molar-refractivity contribution in [3.8, 4) is 0 Å². The summed E-state index contributed by atoms with van der Waals surface area (Å²) in [6.45, 7) is 4.06. The third kappa shape index (κ3) is 7.19. The van der Waals surface area contributed by atoms with Gasteiger partial charge in [-0.3, -0.25) is 10.1 Å². The van der Waals surface area contributed by atoms with Crippen molar-refractivity contribution in [2.75, 3.05) is 5.88 Å². The van der Waals surface area contributed by atoms with E-state index in [1.54, 1.807) is 0 Å². The fourth-order valence-corrected chi connectivity index (χ4v) is 1.39. The minimum Gasteiger partial charge on any atom is -0.335 e. The molecule has 0 saturated heterocycles. The number of carbonyl (C=O) groups excluding carboxylic acids is 2. The summed E-state index contributed by atoms with van der Waals surface area (Å²) in [6.07, 6.45) is 2.96. The second-order valence-electron chi connectivity index (χ2n) is 3.35. The Morgan fingerprint density at radius 3 is 2.47 bits per heavy atom. The van der Waals surface area contributed by atoms with Crippen LogP contribution >= 0.6 is 11.6 Å². The van der Waals surface area contributed by atoms with Gasteiger partial charge in [-0.2, -0.15) is 0 Å². The minimum absolute atomic E-state index is 0.138. The summed E-state index contributed by atoms with van der Waals surface area (Å²) in [5.74, 6) is -0.112. The first kappa shape index (κ1) is 14.2. The average Bonchev–Trinajstić information content (AvgIpc) is 2.17. The lowest BCUT2D eigenvalue weighted by Gasteiger charge is -2.15. The van der Waals surface area contributed by atoms with Gasteiger partial charge in [-0.15, -0.1) is 11.6 Å². The van der Waals surface area contributed by atoms with Crippen LogP contribution in [0.2, 0.25) is 0 Å². The zero-order valence-corrected chi connectivity index (χ0v) is 10.1. The fourth-order valence-electron chi connectivity index (χ4n) is 1.22. The molecule has 0 rings (SSSR count). The van der Waals surface area contributed by atoms with Crippen molar-refractivity contribution < 1.29 is 9.59 Å². The van der Waals surface area contributed by atoms with Crippen molar-refractivity contribution in [3.63, 3.8) is 0 Å². The van der Waals surface area contributed by atoms with Crippen molar-refractivity contribution in [2.45, 2.75) is 45.6 Å². The van der Waals surface area contributed by atoms with Crippen LogP contribution in [0.3, 0.4) is 0 Å². The van der Waals surface area contributed by atoms with E-state index in [1.807, 2.05) is 6.92 Å². The molecule has 1 unspecified atom stereocenters. The Labute approximate surface area is 95.7 Å². The molecule has 0 aromatic carbocycles. The maximum absolute atomic E-state index is 11.3. The minimum atomic E-state index is -0.426. The molecule has 0 aliphatic rings. The smallest absolute Gasteiger partial charge is 0.321 e. The van der Waals surface area contributed by atoms with Crippen LogP contribution < -0.4 is 10.6 Å². The van der Waals surface area contributed by atoms with Crippen LogP contribution in [0, 0.1) is 0 Å². The van der Waals surface area contributed by atoms with Crippen molar-refractivity contribution in [1.82, 2.24) is 10.6 Å². The van der Waals surface area contributed by atoms with E-state index < -0.39 is 6.03 Å². The number of hydrogen-bond donors (Lipinski definition) is 2. The molecule has 1 atom stereocenters. The number of imide groups is 1. The number of urea groups is 1. The Balaban J connectivity index is 3.84. The highest BCUT2D eigenvalue weighted by Gasteiger charge is 2.11. The molecule has 0 aliphatic heterocycles. The maximum Gasteiger partial charge on any atom is 0.321 e. The van der Waals surface area contributed by atoms with Gasteiger partial charge < -0.3 is 5.32 Å². The second kappa shape index (κ2) is 8.53. The van der Waals surface area contributed by atoms with Gasteiger partial charge >= 0.3 is 6.03 Å². The molecule has 5 heteroatoms. The molecule has 0 aliphatic carbocycles. The zero-order chi connectivity index (χ0) is 11.7. The van der Waals surface area contributed by atoms with Crippen molar-refractivity contribution in [1.29, 1.82) is 0 Å². The van der Waals surface area contributed by atoms with Gasteiger partial charge in [0.15, 0.2) is 0 Å². The molecule has 0 spiro atoms. The SMILES string of the molecule is CCCC(CC)NC(=O)NC(=O)CCCl. The Bertz CT molecular complexity index is 210. The summed E-state index contributed by atoms with van der Waals surface area (Å²) >= 11 is 5.37. The van der Waals surface area contributed by atoms with Gasteiger partial charge in [0.05, 0.1) is 0 Å². The number of amides is 3. The molecule has 88 valence electrons. The molecule has 0 heterocycles. The van der Waals surface area contributed by atoms with Crippen LogP contribution in [0.25, 0.3) is 0 Å². The summed E-state index contributed by atoms with van der Waals surface area (Å²) in [6, 6.07) is -0.288. The number of carbonyl (C=O) groups is 2. The number of rotatable bonds is 6. The van der Waals surface area contributed by atoms with E-state index in [1.165, 1.54) is 0 Å². The highest BCUT2D eigenvalue weighted by Crippen LogP contribution is 2.00. The van der Waals surface area contributed by atoms with Gasteiger partial charge in [0.25, 0.3) is 0 Å². The first-order chi connectivity index (χ1) is 7.13. The van der Waals surface area contributed by atoms with E-state index in [9.17, 15) is 9.59 Å². The van der Waals surface area contributed by atoms with E-state index >= 15 is 0 Å². The van der Waals surface area contributed by atoms with Gasteiger partial charge in [-0.25, -0.2) is 4.79 Å². The van der Waals surface area contributed by atoms with Crippen molar-refractivity contribution in [2.24, 2.45) is 0 Å². The summed E-state index contributed by atoms with van der Waals surface area (Å²) in [5, 5.41) is 4.97. The van der Waals surface area contributed by atoms with Crippen LogP contribution in [0.15, 0.2) is 0 Å². The topological polar surface area (TPSA) is 58.2 Å². The van der Waals surface area contributed by atoms with E-state index in [0.717, 1.165) is 19.3 Å². The Morgan fingerprint density at radius 2 is 2.00 bits per heavy atom. The summed E-state index contributed by atoms with van der Waals surface area (Å²) < 4.78 is 0. The number of nitrogens with one attached hydrogen (secondary N) is 2. The largest absolute Gasteiger partial charge is 0.335 e. The molecule has 2 N–H and O–H groups in total. The molecule has 4 nitrogen and oxygen atoms in total. The van der Waals surface area contributed by atoms with E-state index in [4.69, 9.17) is 11.6 Å². The second-order valence-corrected chi connectivity index (χ2v) is 3.73. The Kier molecular flexibility index (Phi) is 8.09. The quantitative estimate of drug-likeness (QED) is 0.691. The van der Waals surface area contributed by atoms with Gasteiger partial charge in [0.1, 0.15) is 0 Å². The molecule has 0 radical (unpaired) electrons. The van der Waals surface area contributed by atoms with E-state index in [2.05, 4.69) is 17.6 Å². The lowest BCUT2D eigenvalue weighted by atomic mass is 10.1. The molecule has 3 amide bonds. The predicted molar refractivity (Wildman–Crippen MR) is 61.0 cm³/mol. The van der Waals surface area contributed by atoms with Gasteiger partial charge in [-0.05, 0) is 12.8 Å². The molecule has 15 heavy (non-hydrogen) atoms. The van der Waals surface area contributed by atoms with Crippen LogP contribution in [-0.4, -0.2) is 23.9 Å². The molecule has 0 fully saturated rings. The highest BCUT2D eigenvalue weighted by molar-refractivity contribution is 6.19. The number of halogens is 1. The summed E-state index contributed by atoms with van der Waals surface area (Å²) in [5.41, 5.74) is 0. The molecule has 0 saturated carbocycles. The number of alkyl halides is 1. The molecule has 0 aromatic heterocycles. The predicted octanol–water partition coefficient (Wildman–Crippen LogP) is 2.02. The standard InChI is InChI=1S/C10H19ClN2O2/c1-3-5-8(4-2)12-10(15)13-9(14)6-7-11/h8H,3-7H2,1-2H3,(H2,12,13,14,15). The van der Waals surface area contributed by atoms with Gasteiger partial charge in [0.2, 0.25) is 5.91 Å². The van der Waals surface area contributed by atoms with Gasteiger partial charge in [-0.1, -0.05) is 20.3 Å². The van der Waals surface area contributed by atoms with Crippen LogP contribution in [0.4, 0.5) is 4.79 Å². The van der Waals surface area contributed by atoms with Crippen molar-refractivity contribution in [3.05, 3.63) is 0 Å². The average molecular weight is 235 g/mol. The first-order valence-corrected chi connectivity index (χ1v) is 5.83. The van der Waals surface area contributed by atoms with Crippen LogP contribution in [-0.2, 0) is 4.79 Å². The lowest BCUT2D eigenvalue weighted by Crippen LogP contribution is -2.44. The molecular weight excluding hydrogens is 216 g/mol. The normalized spacial score (nSPS) is 11.9. The molecule has 0 bridgehead atoms. The summed E-state index contributed by atoms with van der Waals surface area (Å²) in [7, 11) is 0.